The van der Waals surface area contributed by atoms with E-state index in [2.05, 4.69) is 26.6 Å². The third-order valence-corrected chi connectivity index (χ3v) is 3.09. The van der Waals surface area contributed by atoms with E-state index in [9.17, 15) is 4.79 Å². The highest BCUT2D eigenvalue weighted by Gasteiger charge is 2.09. The Hall–Kier alpha value is -1.80. The van der Waals surface area contributed by atoms with Crippen LogP contribution in [0.1, 0.15) is 19.4 Å². The van der Waals surface area contributed by atoms with Crippen LogP contribution in [-0.4, -0.2) is 12.5 Å². The minimum atomic E-state index is -0.358. The van der Waals surface area contributed by atoms with Crippen LogP contribution < -0.4 is 10.6 Å². The molecule has 0 unspecified atom stereocenters. The van der Waals surface area contributed by atoms with Gasteiger partial charge in [-0.1, -0.05) is 29.8 Å². The molecule has 0 atom stereocenters. The van der Waals surface area contributed by atoms with Crippen LogP contribution >= 0.6 is 15.9 Å². The SMILES string of the molecule is Cc1cc(Br)ccc1N/C=C(/C#N)C(=O)NCC(C)C. The van der Waals surface area contributed by atoms with Gasteiger partial charge < -0.3 is 10.6 Å². The van der Waals surface area contributed by atoms with Gasteiger partial charge in [-0.2, -0.15) is 5.26 Å². The number of anilines is 1. The van der Waals surface area contributed by atoms with Gasteiger partial charge in [-0.25, -0.2) is 0 Å². The van der Waals surface area contributed by atoms with Gasteiger partial charge in [0.25, 0.3) is 5.91 Å². The summed E-state index contributed by atoms with van der Waals surface area (Å²) in [6, 6.07) is 7.65. The monoisotopic (exact) mass is 335 g/mol. The smallest absolute Gasteiger partial charge is 0.263 e. The highest BCUT2D eigenvalue weighted by atomic mass is 79.9. The normalized spacial score (nSPS) is 11.1. The predicted octanol–water partition coefficient (Wildman–Crippen LogP) is 3.35. The molecule has 0 fully saturated rings. The first kappa shape index (κ1) is 16.3. The van der Waals surface area contributed by atoms with Gasteiger partial charge in [0.15, 0.2) is 0 Å². The zero-order valence-electron chi connectivity index (χ0n) is 11.8. The van der Waals surface area contributed by atoms with Crippen molar-refractivity contribution in [1.29, 1.82) is 5.26 Å². The molecule has 0 spiro atoms. The molecule has 0 aliphatic carbocycles. The Morgan fingerprint density at radius 2 is 2.20 bits per heavy atom. The van der Waals surface area contributed by atoms with Gasteiger partial charge in [-0.3, -0.25) is 4.79 Å². The second-order valence-electron chi connectivity index (χ2n) is 4.88. The molecule has 1 amide bonds. The molecule has 5 heteroatoms. The van der Waals surface area contributed by atoms with Crippen molar-refractivity contribution < 1.29 is 4.79 Å². The van der Waals surface area contributed by atoms with Crippen LogP contribution in [0.4, 0.5) is 5.69 Å². The summed E-state index contributed by atoms with van der Waals surface area (Å²) in [5, 5.41) is 14.7. The number of halogens is 1. The Morgan fingerprint density at radius 3 is 2.75 bits per heavy atom. The Morgan fingerprint density at radius 1 is 1.50 bits per heavy atom. The molecule has 0 saturated carbocycles. The average molecular weight is 336 g/mol. The van der Waals surface area contributed by atoms with Crippen molar-refractivity contribution in [1.82, 2.24) is 5.32 Å². The fourth-order valence-corrected chi connectivity index (χ4v) is 1.96. The van der Waals surface area contributed by atoms with Crippen molar-refractivity contribution in [2.45, 2.75) is 20.8 Å². The van der Waals surface area contributed by atoms with Gasteiger partial charge in [0, 0.05) is 22.9 Å². The molecule has 0 radical (unpaired) electrons. The summed E-state index contributed by atoms with van der Waals surface area (Å²) in [5.74, 6) is -0.0102. The molecule has 0 aliphatic heterocycles. The molecule has 4 nitrogen and oxygen atoms in total. The summed E-state index contributed by atoms with van der Waals surface area (Å²) in [6.45, 7) is 6.50. The van der Waals surface area contributed by atoms with Crippen LogP contribution in [0.2, 0.25) is 0 Å². The highest BCUT2D eigenvalue weighted by Crippen LogP contribution is 2.20. The second kappa shape index (κ2) is 7.71. The molecule has 2 N–H and O–H groups in total. The first-order valence-corrected chi connectivity index (χ1v) is 7.14. The van der Waals surface area contributed by atoms with Crippen molar-refractivity contribution in [3.63, 3.8) is 0 Å². The van der Waals surface area contributed by atoms with Crippen molar-refractivity contribution in [2.24, 2.45) is 5.92 Å². The molecular formula is C15H18BrN3O. The maximum atomic E-state index is 11.8. The Balaban J connectivity index is 2.75. The van der Waals surface area contributed by atoms with Crippen LogP contribution in [0.5, 0.6) is 0 Å². The highest BCUT2D eigenvalue weighted by molar-refractivity contribution is 9.10. The largest absolute Gasteiger partial charge is 0.360 e. The first-order chi connectivity index (χ1) is 9.43. The third-order valence-electron chi connectivity index (χ3n) is 2.60. The predicted molar refractivity (Wildman–Crippen MR) is 84.0 cm³/mol. The van der Waals surface area contributed by atoms with E-state index in [-0.39, 0.29) is 11.5 Å². The number of rotatable bonds is 5. The topological polar surface area (TPSA) is 64.9 Å². The minimum Gasteiger partial charge on any atom is -0.360 e. The zero-order chi connectivity index (χ0) is 15.1. The molecule has 0 heterocycles. The van der Waals surface area contributed by atoms with Crippen LogP contribution in [0.15, 0.2) is 34.4 Å². The number of aryl methyl sites for hydroxylation is 1. The number of carbonyl (C=O) groups is 1. The number of nitrogens with one attached hydrogen (secondary N) is 2. The van der Waals surface area contributed by atoms with Gasteiger partial charge in [0.2, 0.25) is 0 Å². The molecule has 1 aromatic rings. The van der Waals surface area contributed by atoms with Gasteiger partial charge >= 0.3 is 0 Å². The minimum absolute atomic E-state index is 0.0629. The summed E-state index contributed by atoms with van der Waals surface area (Å²) < 4.78 is 0.986. The summed E-state index contributed by atoms with van der Waals surface area (Å²) in [4.78, 5) is 11.8. The molecule has 1 aromatic carbocycles. The second-order valence-corrected chi connectivity index (χ2v) is 5.79. The van der Waals surface area contributed by atoms with Crippen molar-refractivity contribution in [3.8, 4) is 6.07 Å². The third kappa shape index (κ3) is 5.06. The lowest BCUT2D eigenvalue weighted by molar-refractivity contribution is -0.117. The summed E-state index contributed by atoms with van der Waals surface area (Å²) >= 11 is 3.39. The average Bonchev–Trinajstić information content (AvgIpc) is 2.39. The quantitative estimate of drug-likeness (QED) is 0.640. The fraction of sp³-hybridized carbons (Fsp3) is 0.333. The molecule has 20 heavy (non-hydrogen) atoms. The van der Waals surface area contributed by atoms with Crippen LogP contribution in [0, 0.1) is 24.2 Å². The van der Waals surface area contributed by atoms with Crippen LogP contribution in [0.3, 0.4) is 0 Å². The molecule has 0 bridgehead atoms. The molecule has 1 rings (SSSR count). The van der Waals surface area contributed by atoms with Gasteiger partial charge in [-0.05, 0) is 36.6 Å². The molecular weight excluding hydrogens is 318 g/mol. The van der Waals surface area contributed by atoms with Crippen LogP contribution in [0.25, 0.3) is 0 Å². The van der Waals surface area contributed by atoms with Crippen molar-refractivity contribution >= 4 is 27.5 Å². The van der Waals surface area contributed by atoms with E-state index in [1.807, 2.05) is 45.0 Å². The zero-order valence-corrected chi connectivity index (χ0v) is 13.4. The number of hydrogen-bond acceptors (Lipinski definition) is 3. The molecule has 0 saturated heterocycles. The first-order valence-electron chi connectivity index (χ1n) is 6.35. The standard InChI is InChI=1S/C15H18BrN3O/c1-10(2)8-19-15(20)12(7-17)9-18-14-5-4-13(16)6-11(14)3/h4-6,9-10,18H,8H2,1-3H3,(H,19,20)/b12-9-. The van der Waals surface area contributed by atoms with E-state index in [4.69, 9.17) is 5.26 Å². The van der Waals surface area contributed by atoms with E-state index >= 15 is 0 Å². The Labute approximate surface area is 128 Å². The van der Waals surface area contributed by atoms with Crippen molar-refractivity contribution in [2.75, 3.05) is 11.9 Å². The lowest BCUT2D eigenvalue weighted by atomic mass is 10.2. The number of nitrogens with zero attached hydrogens (tertiary/aromatic N) is 1. The summed E-state index contributed by atoms with van der Waals surface area (Å²) in [5.41, 5.74) is 1.95. The molecule has 106 valence electrons. The van der Waals surface area contributed by atoms with Crippen LogP contribution in [-0.2, 0) is 4.79 Å². The van der Waals surface area contributed by atoms with Gasteiger partial charge in [0.05, 0.1) is 0 Å². The van der Waals surface area contributed by atoms with Gasteiger partial charge in [0.1, 0.15) is 11.6 Å². The van der Waals surface area contributed by atoms with Gasteiger partial charge in [-0.15, -0.1) is 0 Å². The van der Waals surface area contributed by atoms with E-state index < -0.39 is 0 Å². The lowest BCUT2D eigenvalue weighted by Gasteiger charge is -2.08. The fourth-order valence-electron chi connectivity index (χ4n) is 1.48. The molecule has 0 aromatic heterocycles. The summed E-state index contributed by atoms with van der Waals surface area (Å²) in [6.07, 6.45) is 1.44. The van der Waals surface area contributed by atoms with E-state index in [1.54, 1.807) is 0 Å². The number of benzene rings is 1. The molecule has 0 aliphatic rings. The van der Waals surface area contributed by atoms with E-state index in [0.717, 1.165) is 15.7 Å². The number of amides is 1. The van der Waals surface area contributed by atoms with Crippen molar-refractivity contribution in [3.05, 3.63) is 40.0 Å². The lowest BCUT2D eigenvalue weighted by Crippen LogP contribution is -2.28. The summed E-state index contributed by atoms with van der Waals surface area (Å²) in [7, 11) is 0. The maximum Gasteiger partial charge on any atom is 0.263 e. The number of hydrogen-bond donors (Lipinski definition) is 2. The Bertz CT molecular complexity index is 559. The number of nitriles is 1. The van der Waals surface area contributed by atoms with E-state index in [0.29, 0.717) is 12.5 Å². The Kier molecular flexibility index (Phi) is 6.26. The number of carbonyl (C=O) groups excluding carboxylic acids is 1. The maximum absolute atomic E-state index is 11.8. The van der Waals surface area contributed by atoms with E-state index in [1.165, 1.54) is 6.20 Å².